The van der Waals surface area contributed by atoms with Gasteiger partial charge in [-0.15, -0.1) is 0 Å². The van der Waals surface area contributed by atoms with E-state index in [4.69, 9.17) is 10.2 Å². The molecule has 2 aromatic carbocycles. The molecule has 0 aliphatic carbocycles. The minimum absolute atomic E-state index is 0.0542. The minimum Gasteiger partial charge on any atom is -0.504 e. The summed E-state index contributed by atoms with van der Waals surface area (Å²) in [4.78, 5) is 8.50. The predicted octanol–water partition coefficient (Wildman–Crippen LogP) is 4.15. The van der Waals surface area contributed by atoms with Gasteiger partial charge < -0.3 is 15.3 Å². The Bertz CT molecular complexity index is 1040. The van der Waals surface area contributed by atoms with E-state index < -0.39 is 0 Å². The highest BCUT2D eigenvalue weighted by Gasteiger charge is 2.17. The standard InChI is InChI=1S/C19H15N3O2/c1-11-6-8-12(9-7-11)14-10-15(22-19(20)21-14)18-17(23)13-4-2-3-5-16(13)24-18/h2-10,23H,1H3,(H2,20,21,22). The van der Waals surface area contributed by atoms with Gasteiger partial charge in [0.2, 0.25) is 5.95 Å². The van der Waals surface area contributed by atoms with E-state index in [9.17, 15) is 5.11 Å². The van der Waals surface area contributed by atoms with Crippen LogP contribution in [-0.4, -0.2) is 15.1 Å². The molecule has 0 atom stereocenters. The molecule has 0 saturated heterocycles. The summed E-state index contributed by atoms with van der Waals surface area (Å²) in [5.41, 5.74) is 9.67. The molecule has 2 heterocycles. The van der Waals surface area contributed by atoms with Crippen LogP contribution in [0.4, 0.5) is 5.95 Å². The fraction of sp³-hybridized carbons (Fsp3) is 0.0526. The number of anilines is 1. The summed E-state index contributed by atoms with van der Waals surface area (Å²) >= 11 is 0. The normalized spacial score (nSPS) is 11.0. The van der Waals surface area contributed by atoms with Crippen LogP contribution in [0.1, 0.15) is 5.56 Å². The number of furan rings is 1. The Morgan fingerprint density at radius 3 is 2.42 bits per heavy atom. The van der Waals surface area contributed by atoms with Crippen LogP contribution in [0.3, 0.4) is 0 Å². The average molecular weight is 317 g/mol. The smallest absolute Gasteiger partial charge is 0.221 e. The Kier molecular flexibility index (Phi) is 3.20. The molecule has 0 aliphatic heterocycles. The van der Waals surface area contributed by atoms with Crippen LogP contribution in [0, 0.1) is 6.92 Å². The number of hydrogen-bond acceptors (Lipinski definition) is 5. The number of aromatic hydroxyl groups is 1. The Hall–Kier alpha value is -3.34. The summed E-state index contributed by atoms with van der Waals surface area (Å²) in [6.07, 6.45) is 0. The molecule has 0 spiro atoms. The molecule has 2 aromatic heterocycles. The summed E-state index contributed by atoms with van der Waals surface area (Å²) in [5, 5.41) is 11.1. The molecule has 118 valence electrons. The Morgan fingerprint density at radius 2 is 1.67 bits per heavy atom. The third kappa shape index (κ3) is 2.36. The second-order valence-electron chi connectivity index (χ2n) is 5.64. The maximum absolute atomic E-state index is 10.4. The van der Waals surface area contributed by atoms with E-state index in [1.54, 1.807) is 18.2 Å². The van der Waals surface area contributed by atoms with Crippen LogP contribution in [-0.2, 0) is 0 Å². The van der Waals surface area contributed by atoms with Crippen LogP contribution in [0.25, 0.3) is 33.7 Å². The molecule has 0 saturated carbocycles. The van der Waals surface area contributed by atoms with Gasteiger partial charge in [-0.05, 0) is 25.1 Å². The molecule has 5 heteroatoms. The van der Waals surface area contributed by atoms with Gasteiger partial charge in [0.25, 0.3) is 0 Å². The lowest BCUT2D eigenvalue weighted by molar-refractivity contribution is 0.469. The number of aromatic nitrogens is 2. The highest BCUT2D eigenvalue weighted by Crippen LogP contribution is 2.39. The van der Waals surface area contributed by atoms with Crippen LogP contribution in [0.5, 0.6) is 5.75 Å². The third-order valence-corrected chi connectivity index (χ3v) is 3.89. The highest BCUT2D eigenvalue weighted by molar-refractivity contribution is 5.90. The van der Waals surface area contributed by atoms with Gasteiger partial charge in [0.1, 0.15) is 11.3 Å². The monoisotopic (exact) mass is 317 g/mol. The van der Waals surface area contributed by atoms with Crippen molar-refractivity contribution in [3.05, 3.63) is 60.2 Å². The molecular formula is C19H15N3O2. The highest BCUT2D eigenvalue weighted by atomic mass is 16.4. The van der Waals surface area contributed by atoms with Crippen molar-refractivity contribution in [1.29, 1.82) is 0 Å². The van der Waals surface area contributed by atoms with E-state index in [2.05, 4.69) is 9.97 Å². The summed E-state index contributed by atoms with van der Waals surface area (Å²) in [6, 6.07) is 17.0. The number of nitrogens with zero attached hydrogens (tertiary/aromatic N) is 2. The zero-order valence-corrected chi connectivity index (χ0v) is 13.0. The Balaban J connectivity index is 1.89. The number of hydrogen-bond donors (Lipinski definition) is 2. The van der Waals surface area contributed by atoms with Crippen LogP contribution < -0.4 is 5.73 Å². The van der Waals surface area contributed by atoms with Crippen molar-refractivity contribution < 1.29 is 9.52 Å². The predicted molar refractivity (Wildman–Crippen MR) is 93.5 cm³/mol. The number of benzene rings is 2. The van der Waals surface area contributed by atoms with Gasteiger partial charge >= 0.3 is 0 Å². The van der Waals surface area contributed by atoms with Gasteiger partial charge in [-0.25, -0.2) is 9.97 Å². The van der Waals surface area contributed by atoms with Crippen molar-refractivity contribution in [2.75, 3.05) is 5.73 Å². The fourth-order valence-electron chi connectivity index (χ4n) is 2.66. The van der Waals surface area contributed by atoms with E-state index in [0.29, 0.717) is 28.1 Å². The molecular weight excluding hydrogens is 302 g/mol. The van der Waals surface area contributed by atoms with Gasteiger partial charge in [-0.2, -0.15) is 0 Å². The van der Waals surface area contributed by atoms with Crippen LogP contribution in [0.2, 0.25) is 0 Å². The van der Waals surface area contributed by atoms with Gasteiger partial charge in [-0.1, -0.05) is 42.0 Å². The summed E-state index contributed by atoms with van der Waals surface area (Å²) < 4.78 is 5.75. The second-order valence-corrected chi connectivity index (χ2v) is 5.64. The molecule has 0 radical (unpaired) electrons. The van der Waals surface area contributed by atoms with Gasteiger partial charge in [-0.3, -0.25) is 0 Å². The van der Waals surface area contributed by atoms with Crippen LogP contribution in [0.15, 0.2) is 59.0 Å². The number of fused-ring (bicyclic) bond motifs is 1. The van der Waals surface area contributed by atoms with Gasteiger partial charge in [0.15, 0.2) is 11.5 Å². The summed E-state index contributed by atoms with van der Waals surface area (Å²) in [7, 11) is 0. The first-order valence-electron chi connectivity index (χ1n) is 7.54. The maximum Gasteiger partial charge on any atom is 0.221 e. The number of aryl methyl sites for hydroxylation is 1. The molecule has 24 heavy (non-hydrogen) atoms. The molecule has 0 amide bonds. The topological polar surface area (TPSA) is 85.2 Å². The van der Waals surface area contributed by atoms with Crippen molar-refractivity contribution in [3.8, 4) is 28.5 Å². The van der Waals surface area contributed by atoms with Gasteiger partial charge in [0, 0.05) is 5.56 Å². The second kappa shape index (κ2) is 5.38. The Labute approximate surface area is 138 Å². The molecule has 4 aromatic rings. The quantitative estimate of drug-likeness (QED) is 0.580. The van der Waals surface area contributed by atoms with E-state index in [1.807, 2.05) is 43.3 Å². The summed E-state index contributed by atoms with van der Waals surface area (Å²) in [5.74, 6) is 0.472. The molecule has 4 rings (SSSR count). The average Bonchev–Trinajstić information content (AvgIpc) is 2.92. The van der Waals surface area contributed by atoms with Crippen molar-refractivity contribution in [2.24, 2.45) is 0 Å². The molecule has 0 aliphatic rings. The van der Waals surface area contributed by atoms with E-state index in [-0.39, 0.29) is 11.7 Å². The number of rotatable bonds is 2. The zero-order chi connectivity index (χ0) is 16.7. The lowest BCUT2D eigenvalue weighted by Gasteiger charge is -2.05. The number of nitrogen functional groups attached to an aromatic ring is 1. The molecule has 0 bridgehead atoms. The van der Waals surface area contributed by atoms with E-state index >= 15 is 0 Å². The third-order valence-electron chi connectivity index (χ3n) is 3.89. The molecule has 3 N–H and O–H groups in total. The minimum atomic E-state index is 0.0542. The van der Waals surface area contributed by atoms with Crippen molar-refractivity contribution in [1.82, 2.24) is 9.97 Å². The summed E-state index contributed by atoms with van der Waals surface area (Å²) in [6.45, 7) is 2.02. The molecule has 0 unspecified atom stereocenters. The number of nitrogens with two attached hydrogens (primary N) is 1. The zero-order valence-electron chi connectivity index (χ0n) is 13.0. The lowest BCUT2D eigenvalue weighted by atomic mass is 10.1. The SMILES string of the molecule is Cc1ccc(-c2cc(-c3oc4ccccc4c3O)nc(N)n2)cc1. The lowest BCUT2D eigenvalue weighted by Crippen LogP contribution is -1.98. The fourth-order valence-corrected chi connectivity index (χ4v) is 2.66. The van der Waals surface area contributed by atoms with E-state index in [0.717, 1.165) is 11.1 Å². The Morgan fingerprint density at radius 1 is 0.958 bits per heavy atom. The van der Waals surface area contributed by atoms with Crippen LogP contribution >= 0.6 is 0 Å². The first kappa shape index (κ1) is 14.3. The first-order chi connectivity index (χ1) is 11.6. The van der Waals surface area contributed by atoms with Gasteiger partial charge in [0.05, 0.1) is 11.1 Å². The largest absolute Gasteiger partial charge is 0.504 e. The van der Waals surface area contributed by atoms with Crippen molar-refractivity contribution >= 4 is 16.9 Å². The van der Waals surface area contributed by atoms with Crippen molar-refractivity contribution in [2.45, 2.75) is 6.92 Å². The number of para-hydroxylation sites is 1. The molecule has 0 fully saturated rings. The first-order valence-corrected chi connectivity index (χ1v) is 7.54. The maximum atomic E-state index is 10.4. The van der Waals surface area contributed by atoms with Crippen molar-refractivity contribution in [3.63, 3.8) is 0 Å². The molecule has 5 nitrogen and oxygen atoms in total. The van der Waals surface area contributed by atoms with E-state index in [1.165, 1.54) is 0 Å².